The summed E-state index contributed by atoms with van der Waals surface area (Å²) in [4.78, 5) is 33.4. The lowest BCUT2D eigenvalue weighted by Crippen LogP contribution is -2.37. The minimum atomic E-state index is -0.307. The van der Waals surface area contributed by atoms with Crippen LogP contribution in [-0.2, 0) is 19.1 Å². The molecule has 7 nitrogen and oxygen atoms in total. The van der Waals surface area contributed by atoms with Gasteiger partial charge in [0.1, 0.15) is 5.71 Å². The molecule has 0 aromatic carbocycles. The Labute approximate surface area is 105 Å². The highest BCUT2D eigenvalue weighted by Gasteiger charge is 2.17. The first-order valence-electron chi connectivity index (χ1n) is 5.92. The van der Waals surface area contributed by atoms with Crippen molar-refractivity contribution >= 4 is 23.5 Å². The summed E-state index contributed by atoms with van der Waals surface area (Å²) in [5, 5.41) is 6.30. The van der Waals surface area contributed by atoms with E-state index in [4.69, 9.17) is 4.74 Å². The van der Waals surface area contributed by atoms with Gasteiger partial charge in [-0.15, -0.1) is 0 Å². The zero-order valence-electron chi connectivity index (χ0n) is 10.3. The number of esters is 1. The fraction of sp³-hybridized carbons (Fsp3) is 0.636. The molecule has 18 heavy (non-hydrogen) atoms. The van der Waals surface area contributed by atoms with Gasteiger partial charge in [0.2, 0.25) is 5.91 Å². The Balaban J connectivity index is 2.18. The Morgan fingerprint density at radius 2 is 2.22 bits per heavy atom. The van der Waals surface area contributed by atoms with Crippen LogP contribution < -0.4 is 10.7 Å². The third kappa shape index (κ3) is 4.94. The van der Waals surface area contributed by atoms with E-state index in [1.165, 1.54) is 0 Å². The largest absolute Gasteiger partial charge is 0.466 e. The van der Waals surface area contributed by atoms with Crippen LogP contribution in [-0.4, -0.2) is 36.6 Å². The van der Waals surface area contributed by atoms with Gasteiger partial charge < -0.3 is 10.1 Å². The summed E-state index contributed by atoms with van der Waals surface area (Å²) < 4.78 is 4.75. The quantitative estimate of drug-likeness (QED) is 0.503. The molecule has 0 fully saturated rings. The van der Waals surface area contributed by atoms with Gasteiger partial charge in [-0.1, -0.05) is 0 Å². The fourth-order valence-electron chi connectivity index (χ4n) is 1.41. The van der Waals surface area contributed by atoms with Crippen molar-refractivity contribution in [2.24, 2.45) is 5.10 Å². The molecule has 0 aromatic heterocycles. The second-order valence-corrected chi connectivity index (χ2v) is 3.76. The maximum absolute atomic E-state index is 11.6. The van der Waals surface area contributed by atoms with E-state index in [9.17, 15) is 14.4 Å². The van der Waals surface area contributed by atoms with Crippen LogP contribution in [0.3, 0.4) is 0 Å². The molecule has 0 bridgehead atoms. The van der Waals surface area contributed by atoms with Crippen LogP contribution in [0.25, 0.3) is 0 Å². The van der Waals surface area contributed by atoms with Crippen LogP contribution in [0.5, 0.6) is 0 Å². The molecule has 0 unspecified atom stereocenters. The average molecular weight is 255 g/mol. The maximum atomic E-state index is 11.6. The van der Waals surface area contributed by atoms with E-state index in [0.29, 0.717) is 31.7 Å². The molecule has 7 heteroatoms. The highest BCUT2D eigenvalue weighted by molar-refractivity contribution is 6.39. The van der Waals surface area contributed by atoms with E-state index in [1.807, 2.05) is 0 Å². The van der Waals surface area contributed by atoms with Gasteiger partial charge in [-0.05, 0) is 13.3 Å². The topological polar surface area (TPSA) is 96.9 Å². The third-order valence-corrected chi connectivity index (χ3v) is 2.32. The monoisotopic (exact) mass is 255 g/mol. The molecule has 100 valence electrons. The van der Waals surface area contributed by atoms with Crippen molar-refractivity contribution < 1.29 is 19.1 Å². The number of amides is 2. The zero-order chi connectivity index (χ0) is 13.4. The van der Waals surface area contributed by atoms with Gasteiger partial charge in [-0.2, -0.15) is 5.10 Å². The summed E-state index contributed by atoms with van der Waals surface area (Å²) in [6.45, 7) is 2.49. The number of hydrazone groups is 1. The number of ether oxygens (including phenoxy) is 1. The van der Waals surface area contributed by atoms with Gasteiger partial charge in [-0.3, -0.25) is 14.4 Å². The minimum absolute atomic E-state index is 0.186. The maximum Gasteiger partial charge on any atom is 0.305 e. The molecule has 1 heterocycles. The van der Waals surface area contributed by atoms with Gasteiger partial charge in [0, 0.05) is 25.8 Å². The molecule has 1 rings (SSSR count). The standard InChI is InChI=1S/C11H17N3O4/c1-2-18-10(16)4-3-7-12-11(17)8-5-6-9(15)14-13-8/h2-7H2,1H3,(H,12,17)(H,14,15). The second-order valence-electron chi connectivity index (χ2n) is 3.76. The Morgan fingerprint density at radius 3 is 2.83 bits per heavy atom. The number of nitrogens with one attached hydrogen (secondary N) is 2. The van der Waals surface area contributed by atoms with Gasteiger partial charge >= 0.3 is 5.97 Å². The number of hydrogen-bond acceptors (Lipinski definition) is 5. The third-order valence-electron chi connectivity index (χ3n) is 2.32. The smallest absolute Gasteiger partial charge is 0.305 e. The molecule has 2 amide bonds. The van der Waals surface area contributed by atoms with Gasteiger partial charge in [0.15, 0.2) is 0 Å². The first-order valence-corrected chi connectivity index (χ1v) is 5.92. The lowest BCUT2D eigenvalue weighted by Gasteiger charge is -2.11. The molecule has 0 aromatic rings. The molecular weight excluding hydrogens is 238 g/mol. The van der Waals surface area contributed by atoms with Crippen molar-refractivity contribution in [3.05, 3.63) is 0 Å². The Morgan fingerprint density at radius 1 is 1.44 bits per heavy atom. The second kappa shape index (κ2) is 7.41. The van der Waals surface area contributed by atoms with Crippen LogP contribution in [0.15, 0.2) is 5.10 Å². The molecule has 0 saturated heterocycles. The van der Waals surface area contributed by atoms with Crippen molar-refractivity contribution in [2.75, 3.05) is 13.2 Å². The lowest BCUT2D eigenvalue weighted by molar-refractivity contribution is -0.143. The number of nitrogens with zero attached hydrogens (tertiary/aromatic N) is 1. The van der Waals surface area contributed by atoms with Crippen LogP contribution >= 0.6 is 0 Å². The normalized spacial score (nSPS) is 14.5. The summed E-state index contributed by atoms with van der Waals surface area (Å²) in [7, 11) is 0. The molecular formula is C11H17N3O4. The molecule has 1 aliphatic rings. The van der Waals surface area contributed by atoms with E-state index in [1.54, 1.807) is 6.92 Å². The van der Waals surface area contributed by atoms with Crippen LogP contribution in [0.2, 0.25) is 0 Å². The van der Waals surface area contributed by atoms with Crippen molar-refractivity contribution in [1.82, 2.24) is 10.7 Å². The zero-order valence-corrected chi connectivity index (χ0v) is 10.3. The molecule has 0 aliphatic carbocycles. The Kier molecular flexibility index (Phi) is 5.83. The van der Waals surface area contributed by atoms with E-state index < -0.39 is 0 Å². The highest BCUT2D eigenvalue weighted by atomic mass is 16.5. The van der Waals surface area contributed by atoms with Gasteiger partial charge in [0.05, 0.1) is 6.61 Å². The number of carbonyl (C=O) groups is 3. The fourth-order valence-corrected chi connectivity index (χ4v) is 1.41. The summed E-state index contributed by atoms with van der Waals surface area (Å²) in [5.41, 5.74) is 2.56. The van der Waals surface area contributed by atoms with E-state index >= 15 is 0 Å². The van der Waals surface area contributed by atoms with Gasteiger partial charge in [-0.25, -0.2) is 5.43 Å². The van der Waals surface area contributed by atoms with Crippen molar-refractivity contribution in [1.29, 1.82) is 0 Å². The number of hydrogen-bond donors (Lipinski definition) is 2. The Bertz CT molecular complexity index is 365. The minimum Gasteiger partial charge on any atom is -0.466 e. The summed E-state index contributed by atoms with van der Waals surface area (Å²) in [6.07, 6.45) is 1.41. The predicted octanol–water partition coefficient (Wildman–Crippen LogP) is -0.288. The van der Waals surface area contributed by atoms with Crippen molar-refractivity contribution in [3.63, 3.8) is 0 Å². The lowest BCUT2D eigenvalue weighted by atomic mass is 10.1. The van der Waals surface area contributed by atoms with Crippen LogP contribution in [0.4, 0.5) is 0 Å². The molecule has 0 atom stereocenters. The average Bonchev–Trinajstić information content (AvgIpc) is 2.35. The van der Waals surface area contributed by atoms with Crippen LogP contribution in [0.1, 0.15) is 32.6 Å². The summed E-state index contributed by atoms with van der Waals surface area (Å²) in [6, 6.07) is 0. The van der Waals surface area contributed by atoms with Crippen LogP contribution in [0, 0.1) is 0 Å². The number of rotatable bonds is 6. The van der Waals surface area contributed by atoms with Crippen molar-refractivity contribution in [2.45, 2.75) is 32.6 Å². The van der Waals surface area contributed by atoms with Crippen molar-refractivity contribution in [3.8, 4) is 0 Å². The molecule has 1 aliphatic heterocycles. The molecule has 2 N–H and O–H groups in total. The Hall–Kier alpha value is -1.92. The SMILES string of the molecule is CCOC(=O)CCCNC(=O)C1=NNC(=O)CC1. The van der Waals surface area contributed by atoms with Gasteiger partial charge in [0.25, 0.3) is 5.91 Å². The van der Waals surface area contributed by atoms with E-state index in [0.717, 1.165) is 0 Å². The molecule has 0 spiro atoms. The van der Waals surface area contributed by atoms with E-state index in [-0.39, 0.29) is 30.6 Å². The molecule has 0 saturated carbocycles. The highest BCUT2D eigenvalue weighted by Crippen LogP contribution is 1.99. The summed E-state index contributed by atoms with van der Waals surface area (Å²) >= 11 is 0. The first-order chi connectivity index (χ1) is 8.63. The summed E-state index contributed by atoms with van der Waals surface area (Å²) in [5.74, 6) is -0.762. The predicted molar refractivity (Wildman–Crippen MR) is 63.7 cm³/mol. The first kappa shape index (κ1) is 14.1. The van der Waals surface area contributed by atoms with E-state index in [2.05, 4.69) is 15.8 Å². The number of carbonyl (C=O) groups excluding carboxylic acids is 3. The molecule has 0 radical (unpaired) electrons.